The van der Waals surface area contributed by atoms with E-state index in [1.165, 1.54) is 24.3 Å². The number of hydrogen-bond acceptors (Lipinski definition) is 5. The van der Waals surface area contributed by atoms with E-state index in [-0.39, 0.29) is 16.3 Å². The summed E-state index contributed by atoms with van der Waals surface area (Å²) >= 11 is -1.65. The number of nitro benzene ring substituents is 1. The molecule has 8 nitrogen and oxygen atoms in total. The molecule has 0 bridgehead atoms. The molecule has 2 aromatic carbocycles. The zero-order chi connectivity index (χ0) is 20.4. The number of anilines is 2. The maximum atomic E-state index is 12.1. The molecule has 0 spiro atoms. The lowest BCUT2D eigenvalue weighted by molar-refractivity contribution is -0.384. The predicted octanol–water partition coefficient (Wildman–Crippen LogP) is 4.60. The van der Waals surface area contributed by atoms with Crippen LogP contribution in [0.4, 0.5) is 17.1 Å². The molecule has 0 aliphatic rings. The molecule has 1 heterocycles. The van der Waals surface area contributed by atoms with Crippen molar-refractivity contribution in [1.29, 1.82) is 0 Å². The molecule has 0 radical (unpaired) electrons. The third-order valence-electron chi connectivity index (χ3n) is 3.96. The van der Waals surface area contributed by atoms with Crippen molar-refractivity contribution < 1.29 is 23.6 Å². The average molecular weight is 418 g/mol. The fourth-order valence-corrected chi connectivity index (χ4v) is 4.41. The minimum absolute atomic E-state index is 0.0362. The highest BCUT2D eigenvalue weighted by Crippen LogP contribution is 2.41. The van der Waals surface area contributed by atoms with Gasteiger partial charge < -0.3 is 5.11 Å². The third-order valence-corrected chi connectivity index (χ3v) is 5.82. The van der Waals surface area contributed by atoms with E-state index in [0.29, 0.717) is 21.7 Å². The van der Waals surface area contributed by atoms with Crippen molar-refractivity contribution in [3.05, 3.63) is 75.2 Å². The number of nitrogens with zero attached hydrogens (tertiary/aromatic N) is 2. The van der Waals surface area contributed by atoms with E-state index in [2.05, 4.69) is 0 Å². The highest BCUT2D eigenvalue weighted by Gasteiger charge is 2.26. The van der Waals surface area contributed by atoms with Crippen molar-refractivity contribution in [1.82, 2.24) is 0 Å². The smallest absolute Gasteiger partial charge is 0.348 e. The van der Waals surface area contributed by atoms with E-state index in [0.717, 1.165) is 15.6 Å². The first-order chi connectivity index (χ1) is 13.3. The summed E-state index contributed by atoms with van der Waals surface area (Å²) in [6, 6.07) is 14.0. The molecule has 1 unspecified atom stereocenters. The number of hydrogen-bond donors (Lipinski definition) is 2. The molecule has 0 saturated carbocycles. The van der Waals surface area contributed by atoms with Gasteiger partial charge in [0.15, 0.2) is 0 Å². The summed E-state index contributed by atoms with van der Waals surface area (Å²) in [5, 5.41) is 20.6. The maximum Gasteiger partial charge on any atom is 0.348 e. The van der Waals surface area contributed by atoms with Crippen LogP contribution in [0.1, 0.15) is 15.2 Å². The van der Waals surface area contributed by atoms with E-state index in [9.17, 15) is 28.8 Å². The van der Waals surface area contributed by atoms with Gasteiger partial charge in [0.2, 0.25) is 0 Å². The number of thiophene rings is 1. The summed E-state index contributed by atoms with van der Waals surface area (Å²) in [6.07, 6.45) is 0. The van der Waals surface area contributed by atoms with Crippen LogP contribution in [-0.2, 0) is 11.3 Å². The first kappa shape index (κ1) is 19.7. The Hall–Kier alpha value is -3.08. The molecular formula is C18H14N2O6S2. The molecule has 0 fully saturated rings. The summed E-state index contributed by atoms with van der Waals surface area (Å²) in [5.74, 6) is -1.26. The van der Waals surface area contributed by atoms with Crippen molar-refractivity contribution in [3.8, 4) is 10.4 Å². The zero-order valence-electron chi connectivity index (χ0n) is 14.4. The molecule has 28 heavy (non-hydrogen) atoms. The molecule has 0 amide bonds. The molecule has 1 atom stereocenters. The first-order valence-corrected chi connectivity index (χ1v) is 9.76. The van der Waals surface area contributed by atoms with Gasteiger partial charge in [-0.2, -0.15) is 0 Å². The van der Waals surface area contributed by atoms with Crippen molar-refractivity contribution in [2.75, 3.05) is 4.31 Å². The van der Waals surface area contributed by atoms with Gasteiger partial charge in [0.25, 0.3) is 17.0 Å². The quantitative estimate of drug-likeness (QED) is 0.343. The number of benzene rings is 2. The Bertz CT molecular complexity index is 1100. The largest absolute Gasteiger partial charge is 0.477 e. The molecular weight excluding hydrogens is 404 g/mol. The second kappa shape index (κ2) is 7.89. The fourth-order valence-electron chi connectivity index (χ4n) is 2.69. The van der Waals surface area contributed by atoms with Gasteiger partial charge in [-0.1, -0.05) is 30.3 Å². The second-order valence-corrected chi connectivity index (χ2v) is 7.63. The van der Waals surface area contributed by atoms with Gasteiger partial charge in [0.1, 0.15) is 4.88 Å². The minimum Gasteiger partial charge on any atom is -0.477 e. The van der Waals surface area contributed by atoms with Gasteiger partial charge in [-0.25, -0.2) is 13.3 Å². The Kier molecular flexibility index (Phi) is 5.54. The molecule has 144 valence electrons. The highest BCUT2D eigenvalue weighted by atomic mass is 32.2. The Morgan fingerprint density at radius 1 is 1.14 bits per heavy atom. The highest BCUT2D eigenvalue weighted by molar-refractivity contribution is 7.81. The summed E-state index contributed by atoms with van der Waals surface area (Å²) in [6.45, 7) is 1.74. The van der Waals surface area contributed by atoms with Gasteiger partial charge in [0.05, 0.1) is 16.3 Å². The summed E-state index contributed by atoms with van der Waals surface area (Å²) in [4.78, 5) is 22.5. The van der Waals surface area contributed by atoms with Crippen LogP contribution >= 0.6 is 11.3 Å². The lowest BCUT2D eigenvalue weighted by atomic mass is 10.1. The molecule has 3 aromatic rings. The molecule has 0 aliphatic heterocycles. The SMILES string of the molecule is Cc1ccccc1N(c1cc(-c2cccc([N+](=O)[O-])c2)sc1C(=O)O)S(=O)O. The number of para-hydroxylation sites is 1. The van der Waals surface area contributed by atoms with Crippen molar-refractivity contribution >= 4 is 45.6 Å². The number of aryl methyl sites for hydroxylation is 1. The Labute approximate surface area is 166 Å². The lowest BCUT2D eigenvalue weighted by Crippen LogP contribution is -2.21. The lowest BCUT2D eigenvalue weighted by Gasteiger charge is -2.21. The van der Waals surface area contributed by atoms with E-state index < -0.39 is 22.2 Å². The van der Waals surface area contributed by atoms with Crippen LogP contribution in [-0.4, -0.2) is 24.8 Å². The van der Waals surface area contributed by atoms with Crippen LogP contribution < -0.4 is 4.31 Å². The molecule has 2 N–H and O–H groups in total. The molecule has 0 aliphatic carbocycles. The number of nitro groups is 1. The van der Waals surface area contributed by atoms with E-state index >= 15 is 0 Å². The topological polar surface area (TPSA) is 121 Å². The fraction of sp³-hybridized carbons (Fsp3) is 0.0556. The van der Waals surface area contributed by atoms with Gasteiger partial charge in [-0.3, -0.25) is 14.7 Å². The number of non-ortho nitro benzene ring substituents is 1. The van der Waals surface area contributed by atoms with Crippen LogP contribution in [0.15, 0.2) is 54.6 Å². The second-order valence-electron chi connectivity index (χ2n) is 5.75. The minimum atomic E-state index is -2.53. The van der Waals surface area contributed by atoms with Crippen LogP contribution in [0.2, 0.25) is 0 Å². The Morgan fingerprint density at radius 3 is 2.46 bits per heavy atom. The monoisotopic (exact) mass is 418 g/mol. The Morgan fingerprint density at radius 2 is 1.86 bits per heavy atom. The zero-order valence-corrected chi connectivity index (χ0v) is 16.1. The van der Waals surface area contributed by atoms with E-state index in [4.69, 9.17) is 0 Å². The average Bonchev–Trinajstić information content (AvgIpc) is 3.08. The number of carboxylic acids is 1. The number of rotatable bonds is 6. The van der Waals surface area contributed by atoms with Gasteiger partial charge in [0, 0.05) is 17.0 Å². The van der Waals surface area contributed by atoms with Crippen LogP contribution in [0, 0.1) is 17.0 Å². The molecule has 10 heteroatoms. The van der Waals surface area contributed by atoms with Crippen LogP contribution in [0.3, 0.4) is 0 Å². The van der Waals surface area contributed by atoms with Crippen molar-refractivity contribution in [2.45, 2.75) is 6.92 Å². The normalized spacial score (nSPS) is 11.8. The number of carboxylic acid groups (broad SMARTS) is 1. The van der Waals surface area contributed by atoms with Gasteiger partial charge in [-0.05, 0) is 30.2 Å². The standard InChI is InChI=1S/C18H14N2O6S2/c1-11-5-2-3-8-14(11)19(28(25)26)15-10-16(27-17(15)18(21)22)12-6-4-7-13(9-12)20(23)24/h2-10H,1H3,(H,21,22)(H,25,26). The van der Waals surface area contributed by atoms with E-state index in [1.807, 2.05) is 0 Å². The van der Waals surface area contributed by atoms with E-state index in [1.54, 1.807) is 37.3 Å². The van der Waals surface area contributed by atoms with Gasteiger partial charge in [-0.15, -0.1) is 11.3 Å². The molecule has 1 aromatic heterocycles. The maximum absolute atomic E-state index is 12.1. The summed E-state index contributed by atoms with van der Waals surface area (Å²) in [7, 11) is 0. The summed E-state index contributed by atoms with van der Waals surface area (Å²) in [5.41, 5.74) is 1.42. The van der Waals surface area contributed by atoms with Crippen molar-refractivity contribution in [3.63, 3.8) is 0 Å². The Balaban J connectivity index is 2.19. The predicted molar refractivity (Wildman–Crippen MR) is 107 cm³/mol. The number of carbonyl (C=O) groups is 1. The van der Waals surface area contributed by atoms with Crippen LogP contribution in [0.25, 0.3) is 10.4 Å². The third kappa shape index (κ3) is 3.79. The number of aromatic carboxylic acids is 1. The van der Waals surface area contributed by atoms with Crippen LogP contribution in [0.5, 0.6) is 0 Å². The molecule has 0 saturated heterocycles. The summed E-state index contributed by atoms with van der Waals surface area (Å²) < 4.78 is 23.0. The van der Waals surface area contributed by atoms with Crippen molar-refractivity contribution in [2.24, 2.45) is 0 Å². The first-order valence-electron chi connectivity index (χ1n) is 7.88. The van der Waals surface area contributed by atoms with Gasteiger partial charge >= 0.3 is 5.97 Å². The molecule has 3 rings (SSSR count).